The number of carbonyl (C=O) groups is 2. The Morgan fingerprint density at radius 1 is 0.842 bits per heavy atom. The smallest absolute Gasteiger partial charge is 0.330 e. The van der Waals surface area contributed by atoms with E-state index in [2.05, 4.69) is 24.5 Å². The fraction of sp³-hybridized carbons (Fsp3) is 0.784. The average molecular weight is 817 g/mol. The predicted octanol–water partition coefficient (Wildman–Crippen LogP) is -2.87. The summed E-state index contributed by atoms with van der Waals surface area (Å²) in [5.74, 6) is -0.665. The number of H-pyrrole nitrogens is 1. The molecule has 4 heterocycles. The molecule has 3 aliphatic heterocycles. The van der Waals surface area contributed by atoms with Crippen molar-refractivity contribution < 1.29 is 69.4 Å². The second kappa shape index (κ2) is 21.8. The molecule has 0 aromatic carbocycles. The van der Waals surface area contributed by atoms with E-state index in [1.54, 1.807) is 6.08 Å². The van der Waals surface area contributed by atoms with Crippen LogP contribution in [0.4, 0.5) is 0 Å². The maximum absolute atomic E-state index is 13.1. The summed E-state index contributed by atoms with van der Waals surface area (Å²) < 4.78 is 24.1. The minimum absolute atomic E-state index is 0.598. The molecule has 1 aromatic rings. The highest BCUT2D eigenvalue weighted by molar-refractivity contribution is 5.87. The second-order valence-electron chi connectivity index (χ2n) is 15.4. The van der Waals surface area contributed by atoms with Gasteiger partial charge in [-0.1, -0.05) is 58.4 Å². The molecule has 324 valence electrons. The molecule has 3 fully saturated rings. The summed E-state index contributed by atoms with van der Waals surface area (Å²) in [6, 6.07) is -2.01. The lowest BCUT2D eigenvalue weighted by Gasteiger charge is -2.47. The van der Waals surface area contributed by atoms with Gasteiger partial charge in [-0.05, 0) is 24.8 Å². The third-order valence-corrected chi connectivity index (χ3v) is 10.5. The number of allylic oxidation sites excluding steroid dienone is 1. The summed E-state index contributed by atoms with van der Waals surface area (Å²) in [7, 11) is 0. The zero-order valence-electron chi connectivity index (χ0n) is 32.4. The van der Waals surface area contributed by atoms with Crippen LogP contribution in [0.25, 0.3) is 0 Å². The quantitative estimate of drug-likeness (QED) is 0.0494. The molecule has 1 aromatic heterocycles. The first-order valence-electron chi connectivity index (χ1n) is 19.6. The van der Waals surface area contributed by atoms with Gasteiger partial charge in [0.2, 0.25) is 11.8 Å². The van der Waals surface area contributed by atoms with Gasteiger partial charge in [-0.25, -0.2) is 4.79 Å². The van der Waals surface area contributed by atoms with Gasteiger partial charge in [0.1, 0.15) is 60.9 Å². The molecule has 15 atom stereocenters. The van der Waals surface area contributed by atoms with Gasteiger partial charge in [0.05, 0.1) is 18.8 Å². The Bertz CT molecular complexity index is 1570. The summed E-state index contributed by atoms with van der Waals surface area (Å²) in [5, 5.41) is 91.3. The summed E-state index contributed by atoms with van der Waals surface area (Å²) in [5.41, 5.74) is -1.68. The van der Waals surface area contributed by atoms with Gasteiger partial charge < -0.3 is 70.4 Å². The minimum Gasteiger partial charge on any atom is -0.394 e. The van der Waals surface area contributed by atoms with Crippen LogP contribution in [0.1, 0.15) is 84.8 Å². The van der Waals surface area contributed by atoms with Crippen molar-refractivity contribution in [3.8, 4) is 0 Å². The molecule has 3 aliphatic rings. The molecule has 3 saturated heterocycles. The summed E-state index contributed by atoms with van der Waals surface area (Å²) >= 11 is 0. The van der Waals surface area contributed by atoms with Crippen molar-refractivity contribution in [3.63, 3.8) is 0 Å². The van der Waals surface area contributed by atoms with Crippen LogP contribution in [0.3, 0.4) is 0 Å². The van der Waals surface area contributed by atoms with E-state index in [4.69, 9.17) is 18.9 Å². The first-order valence-corrected chi connectivity index (χ1v) is 19.6. The van der Waals surface area contributed by atoms with Gasteiger partial charge in [0.25, 0.3) is 5.56 Å². The van der Waals surface area contributed by atoms with Gasteiger partial charge in [-0.2, -0.15) is 0 Å². The van der Waals surface area contributed by atoms with E-state index in [-0.39, 0.29) is 0 Å². The molecule has 11 N–H and O–H groups in total. The SMILES string of the molecule is CC(=O)N[C@@H]1[C@H](O[C@@H]2O[C@H](C[C@@H](O)[C@@H]3O[C@@H](n4ccc(=O)[nH]c4=O)[C@H](O)[C@@H]3O)[C@H](O)[C@H](O)[C@H]2NC(=O)/C=C/CCCCCCCCC(C)C)O[C@@H](CO)[C@H](O)[C@H]1O. The van der Waals surface area contributed by atoms with E-state index in [0.717, 1.165) is 49.4 Å². The van der Waals surface area contributed by atoms with Crippen molar-refractivity contribution in [1.82, 2.24) is 20.2 Å². The Morgan fingerprint density at radius 2 is 1.44 bits per heavy atom. The Balaban J connectivity index is 1.48. The molecule has 20 heteroatoms. The summed E-state index contributed by atoms with van der Waals surface area (Å²) in [4.78, 5) is 51.0. The molecule has 2 amide bonds. The van der Waals surface area contributed by atoms with E-state index >= 15 is 0 Å². The fourth-order valence-corrected chi connectivity index (χ4v) is 7.27. The molecule has 0 saturated carbocycles. The van der Waals surface area contributed by atoms with E-state index in [1.807, 2.05) is 4.98 Å². The summed E-state index contributed by atoms with van der Waals surface area (Å²) in [6.07, 6.45) is -10.3. The van der Waals surface area contributed by atoms with Crippen LogP contribution >= 0.6 is 0 Å². The van der Waals surface area contributed by atoms with Crippen LogP contribution in [0.2, 0.25) is 0 Å². The Labute approximate surface area is 329 Å². The first kappa shape index (κ1) is 46.6. The van der Waals surface area contributed by atoms with Crippen LogP contribution in [0.5, 0.6) is 0 Å². The Morgan fingerprint density at radius 3 is 2.05 bits per heavy atom. The fourth-order valence-electron chi connectivity index (χ4n) is 7.27. The van der Waals surface area contributed by atoms with Gasteiger partial charge >= 0.3 is 5.69 Å². The van der Waals surface area contributed by atoms with Crippen LogP contribution in [0.15, 0.2) is 34.0 Å². The molecule has 57 heavy (non-hydrogen) atoms. The number of amides is 2. The minimum atomic E-state index is -1.85. The van der Waals surface area contributed by atoms with E-state index < -0.39 is 128 Å². The number of unbranched alkanes of at least 4 members (excludes halogenated alkanes) is 6. The monoisotopic (exact) mass is 816 g/mol. The van der Waals surface area contributed by atoms with E-state index in [1.165, 1.54) is 25.3 Å². The predicted molar refractivity (Wildman–Crippen MR) is 198 cm³/mol. The van der Waals surface area contributed by atoms with Crippen molar-refractivity contribution in [2.45, 2.75) is 170 Å². The zero-order valence-corrected chi connectivity index (χ0v) is 32.4. The average Bonchev–Trinajstić information content (AvgIpc) is 3.45. The molecule has 4 rings (SSSR count). The first-order chi connectivity index (χ1) is 27.0. The largest absolute Gasteiger partial charge is 0.394 e. The molecule has 20 nitrogen and oxygen atoms in total. The van der Waals surface area contributed by atoms with Crippen molar-refractivity contribution in [1.29, 1.82) is 0 Å². The highest BCUT2D eigenvalue weighted by Crippen LogP contribution is 2.34. The van der Waals surface area contributed by atoms with Crippen LogP contribution < -0.4 is 21.9 Å². The normalized spacial score (nSPS) is 35.1. The number of aromatic amines is 1. The second-order valence-corrected chi connectivity index (χ2v) is 15.4. The van der Waals surface area contributed by atoms with Crippen molar-refractivity contribution in [2.75, 3.05) is 6.61 Å². The highest BCUT2D eigenvalue weighted by Gasteiger charge is 2.53. The van der Waals surface area contributed by atoms with E-state index in [9.17, 15) is 60.0 Å². The van der Waals surface area contributed by atoms with Crippen LogP contribution in [0, 0.1) is 5.92 Å². The third-order valence-electron chi connectivity index (χ3n) is 10.5. The number of aromatic nitrogens is 2. The molecule has 0 bridgehead atoms. The lowest BCUT2D eigenvalue weighted by molar-refractivity contribution is -0.346. The standard InChI is InChI=1S/C37H60N4O16/c1-18(2)12-10-8-6-4-5-7-9-11-13-23(45)39-26-30(50)27(47)21(54-36(26)57-35-25(38-19(3)43)29(49)28(48)22(17-42)55-35)16-20(44)33-31(51)32(52)34(56-33)41-15-14-24(46)40-37(41)53/h11,13-15,18,20-22,25-36,42,44,47-52H,4-10,12,16-17H2,1-3H3,(H,38,43)(H,39,45)(H,40,46,53)/b13-11+/t20-,21-,22+,25+,26-,27+,28+,29+,30-,31+,32-,33+,34-,35+,36+/m1/s1. The molecular weight excluding hydrogens is 756 g/mol. The molecular formula is C37H60N4O16. The van der Waals surface area contributed by atoms with Gasteiger partial charge in [-0.15, -0.1) is 0 Å². The van der Waals surface area contributed by atoms with Crippen molar-refractivity contribution in [3.05, 3.63) is 45.3 Å². The lowest BCUT2D eigenvalue weighted by atomic mass is 9.91. The Hall–Kier alpha value is -3.12. The summed E-state index contributed by atoms with van der Waals surface area (Å²) in [6.45, 7) is 4.75. The number of hydrogen-bond donors (Lipinski definition) is 11. The molecule has 0 spiro atoms. The molecule has 0 aliphatic carbocycles. The van der Waals surface area contributed by atoms with Gasteiger partial charge in [-0.3, -0.25) is 23.9 Å². The van der Waals surface area contributed by atoms with Crippen LogP contribution in [-0.2, 0) is 28.5 Å². The number of carbonyl (C=O) groups excluding carboxylic acids is 2. The lowest BCUT2D eigenvalue weighted by Crippen LogP contribution is -2.68. The van der Waals surface area contributed by atoms with Crippen molar-refractivity contribution >= 4 is 11.8 Å². The number of nitrogens with zero attached hydrogens (tertiary/aromatic N) is 1. The number of rotatable bonds is 19. The molecule has 0 unspecified atom stereocenters. The van der Waals surface area contributed by atoms with Gasteiger partial charge in [0.15, 0.2) is 18.8 Å². The maximum Gasteiger partial charge on any atom is 0.330 e. The highest BCUT2D eigenvalue weighted by atomic mass is 16.8. The number of aliphatic hydroxyl groups is 8. The van der Waals surface area contributed by atoms with Gasteiger partial charge in [0, 0.05) is 25.6 Å². The number of nitrogens with one attached hydrogen (secondary N) is 3. The Kier molecular flexibility index (Phi) is 17.8. The molecule has 0 radical (unpaired) electrons. The van der Waals surface area contributed by atoms with Crippen molar-refractivity contribution in [2.24, 2.45) is 5.92 Å². The third kappa shape index (κ3) is 12.4. The van der Waals surface area contributed by atoms with Crippen LogP contribution in [-0.4, -0.2) is 155 Å². The number of ether oxygens (including phenoxy) is 4. The topological polar surface area (TPSA) is 312 Å². The zero-order chi connectivity index (χ0) is 42.0. The van der Waals surface area contributed by atoms with E-state index in [0.29, 0.717) is 12.3 Å². The number of hydrogen-bond acceptors (Lipinski definition) is 16. The number of aliphatic hydroxyl groups excluding tert-OH is 8. The maximum atomic E-state index is 13.1.